The molecule has 4 atom stereocenters. The van der Waals surface area contributed by atoms with E-state index in [1.165, 1.54) is 26.0 Å². The first kappa shape index (κ1) is 30.2. The molecule has 2 fully saturated rings. The minimum absolute atomic E-state index is 0.00174. The van der Waals surface area contributed by atoms with E-state index in [4.69, 9.17) is 14.2 Å². The number of ether oxygens (including phenoxy) is 3. The molecular formula is C33H42FN3O5. The monoisotopic (exact) mass is 579 g/mol. The van der Waals surface area contributed by atoms with Crippen molar-refractivity contribution in [2.45, 2.75) is 64.5 Å². The summed E-state index contributed by atoms with van der Waals surface area (Å²) in [7, 11) is 1.51. The SMILES string of the molecule is C=CCC(F)Oc1cc(-c2cnc3cc(C(C)N4CCO[C@H](CO)C4)ccn23)cc(OC)c1C(=O)CCC(C)C1CC1. The highest BCUT2D eigenvalue weighted by molar-refractivity contribution is 6.02. The lowest BCUT2D eigenvalue weighted by molar-refractivity contribution is -0.0633. The predicted molar refractivity (Wildman–Crippen MR) is 160 cm³/mol. The molecule has 8 nitrogen and oxygen atoms in total. The molecule has 1 saturated heterocycles. The number of aliphatic hydroxyl groups excluding tert-OH is 1. The molecule has 0 bridgehead atoms. The first-order valence-electron chi connectivity index (χ1n) is 14.9. The van der Waals surface area contributed by atoms with Crippen molar-refractivity contribution in [2.24, 2.45) is 11.8 Å². The number of hydrogen-bond donors (Lipinski definition) is 1. The molecule has 0 amide bonds. The summed E-state index contributed by atoms with van der Waals surface area (Å²) in [6.45, 7) is 9.98. The Morgan fingerprint density at radius 2 is 2.07 bits per heavy atom. The van der Waals surface area contributed by atoms with Crippen molar-refractivity contribution in [3.05, 3.63) is 60.4 Å². The van der Waals surface area contributed by atoms with Crippen molar-refractivity contribution in [3.63, 3.8) is 0 Å². The van der Waals surface area contributed by atoms with Crippen LogP contribution in [0.3, 0.4) is 0 Å². The summed E-state index contributed by atoms with van der Waals surface area (Å²) in [6, 6.07) is 7.73. The molecular weight excluding hydrogens is 537 g/mol. The number of aromatic nitrogens is 2. The fraction of sp³-hybridized carbons (Fsp3) is 0.515. The van der Waals surface area contributed by atoms with Crippen LogP contribution in [-0.2, 0) is 4.74 Å². The maximum Gasteiger partial charge on any atom is 0.241 e. The van der Waals surface area contributed by atoms with E-state index in [0.29, 0.717) is 42.7 Å². The summed E-state index contributed by atoms with van der Waals surface area (Å²) in [5, 5.41) is 9.54. The van der Waals surface area contributed by atoms with Crippen LogP contribution < -0.4 is 9.47 Å². The Labute approximate surface area is 247 Å². The van der Waals surface area contributed by atoms with Crippen LogP contribution in [0.2, 0.25) is 0 Å². The van der Waals surface area contributed by atoms with E-state index in [-0.39, 0.29) is 42.3 Å². The second-order valence-electron chi connectivity index (χ2n) is 11.6. The van der Waals surface area contributed by atoms with Crippen LogP contribution in [0, 0.1) is 11.8 Å². The average molecular weight is 580 g/mol. The minimum Gasteiger partial charge on any atom is -0.496 e. The third-order valence-electron chi connectivity index (χ3n) is 8.66. The van der Waals surface area contributed by atoms with Gasteiger partial charge in [-0.3, -0.25) is 14.1 Å². The zero-order valence-corrected chi connectivity index (χ0v) is 24.8. The van der Waals surface area contributed by atoms with Gasteiger partial charge in [-0.15, -0.1) is 6.58 Å². The first-order chi connectivity index (χ1) is 20.3. The van der Waals surface area contributed by atoms with E-state index in [9.17, 15) is 14.3 Å². The number of nitrogens with zero attached hydrogens (tertiary/aromatic N) is 3. The number of morpholine rings is 1. The van der Waals surface area contributed by atoms with Crippen LogP contribution in [0.5, 0.6) is 11.5 Å². The molecule has 1 saturated carbocycles. The van der Waals surface area contributed by atoms with Crippen LogP contribution in [0.15, 0.2) is 49.3 Å². The van der Waals surface area contributed by atoms with Crippen LogP contribution in [0.4, 0.5) is 4.39 Å². The van der Waals surface area contributed by atoms with Crippen molar-refractivity contribution in [1.29, 1.82) is 0 Å². The van der Waals surface area contributed by atoms with Gasteiger partial charge in [-0.2, -0.15) is 0 Å². The lowest BCUT2D eigenvalue weighted by Crippen LogP contribution is -2.45. The second-order valence-corrected chi connectivity index (χ2v) is 11.6. The van der Waals surface area contributed by atoms with Gasteiger partial charge in [0.2, 0.25) is 6.36 Å². The van der Waals surface area contributed by atoms with E-state index in [1.54, 1.807) is 18.3 Å². The third-order valence-corrected chi connectivity index (χ3v) is 8.66. The van der Waals surface area contributed by atoms with Crippen molar-refractivity contribution < 1.29 is 28.5 Å². The van der Waals surface area contributed by atoms with Gasteiger partial charge in [-0.1, -0.05) is 13.0 Å². The number of benzene rings is 1. The van der Waals surface area contributed by atoms with Gasteiger partial charge in [0.25, 0.3) is 0 Å². The topological polar surface area (TPSA) is 85.5 Å². The summed E-state index contributed by atoms with van der Waals surface area (Å²) in [6.07, 6.45) is 6.93. The van der Waals surface area contributed by atoms with Gasteiger partial charge in [-0.05, 0) is 67.9 Å². The van der Waals surface area contributed by atoms with E-state index in [1.807, 2.05) is 16.7 Å². The van der Waals surface area contributed by atoms with Crippen LogP contribution in [0.1, 0.15) is 67.9 Å². The summed E-state index contributed by atoms with van der Waals surface area (Å²) >= 11 is 0. The zero-order valence-electron chi connectivity index (χ0n) is 24.8. The minimum atomic E-state index is -1.64. The highest BCUT2D eigenvalue weighted by Crippen LogP contribution is 2.41. The Kier molecular flexibility index (Phi) is 9.60. The van der Waals surface area contributed by atoms with Crippen molar-refractivity contribution in [3.8, 4) is 22.8 Å². The number of fused-ring (bicyclic) bond motifs is 1. The Bertz CT molecular complexity index is 1400. The molecule has 2 aliphatic rings. The summed E-state index contributed by atoms with van der Waals surface area (Å²) in [4.78, 5) is 20.4. The van der Waals surface area contributed by atoms with Gasteiger partial charge in [0.05, 0.1) is 38.3 Å². The fourth-order valence-electron chi connectivity index (χ4n) is 5.85. The van der Waals surface area contributed by atoms with Gasteiger partial charge in [-0.25, -0.2) is 9.37 Å². The van der Waals surface area contributed by atoms with Gasteiger partial charge in [0.15, 0.2) is 5.78 Å². The number of aliphatic hydroxyl groups is 1. The van der Waals surface area contributed by atoms with Gasteiger partial charge in [0, 0.05) is 43.7 Å². The highest BCUT2D eigenvalue weighted by atomic mass is 19.1. The molecule has 0 radical (unpaired) electrons. The van der Waals surface area contributed by atoms with Gasteiger partial charge in [0.1, 0.15) is 22.7 Å². The second kappa shape index (κ2) is 13.4. The number of alkyl halides is 1. The zero-order chi connectivity index (χ0) is 29.8. The molecule has 1 aromatic carbocycles. The predicted octanol–water partition coefficient (Wildman–Crippen LogP) is 6.02. The molecule has 1 N–H and O–H groups in total. The summed E-state index contributed by atoms with van der Waals surface area (Å²) in [5.74, 6) is 1.57. The first-order valence-corrected chi connectivity index (χ1v) is 14.9. The Balaban J connectivity index is 1.45. The van der Waals surface area contributed by atoms with E-state index >= 15 is 0 Å². The maximum absolute atomic E-state index is 14.8. The molecule has 1 aliphatic heterocycles. The Morgan fingerprint density at radius 1 is 1.29 bits per heavy atom. The molecule has 3 heterocycles. The molecule has 5 rings (SSSR count). The molecule has 0 spiro atoms. The largest absolute Gasteiger partial charge is 0.496 e. The normalized spacial score (nSPS) is 19.8. The molecule has 3 aromatic rings. The molecule has 226 valence electrons. The lowest BCUT2D eigenvalue weighted by atomic mass is 9.95. The lowest BCUT2D eigenvalue weighted by Gasteiger charge is -2.36. The Morgan fingerprint density at radius 3 is 2.79 bits per heavy atom. The van der Waals surface area contributed by atoms with Crippen molar-refractivity contribution in [2.75, 3.05) is 33.4 Å². The number of imidazole rings is 1. The van der Waals surface area contributed by atoms with Crippen LogP contribution >= 0.6 is 0 Å². The van der Waals surface area contributed by atoms with Gasteiger partial charge < -0.3 is 19.3 Å². The molecule has 2 aromatic heterocycles. The van der Waals surface area contributed by atoms with Crippen LogP contribution in [-0.4, -0.2) is 71.0 Å². The number of rotatable bonds is 14. The molecule has 3 unspecified atom stereocenters. The Hall–Kier alpha value is -3.27. The smallest absolute Gasteiger partial charge is 0.241 e. The van der Waals surface area contributed by atoms with Crippen molar-refractivity contribution in [1.82, 2.24) is 14.3 Å². The van der Waals surface area contributed by atoms with Gasteiger partial charge >= 0.3 is 0 Å². The molecule has 9 heteroatoms. The average Bonchev–Trinajstić information content (AvgIpc) is 3.77. The van der Waals surface area contributed by atoms with Crippen LogP contribution in [0.25, 0.3) is 16.9 Å². The van der Waals surface area contributed by atoms with E-state index < -0.39 is 6.36 Å². The quantitative estimate of drug-likeness (QED) is 0.185. The summed E-state index contributed by atoms with van der Waals surface area (Å²) < 4.78 is 33.7. The fourth-order valence-corrected chi connectivity index (χ4v) is 5.85. The van der Waals surface area contributed by atoms with E-state index in [2.05, 4.69) is 36.4 Å². The number of Topliss-reactive ketones (excluding diaryl/α,β-unsaturated/α-hetero) is 1. The number of ketones is 1. The number of pyridine rings is 1. The number of hydrogen-bond acceptors (Lipinski definition) is 7. The highest BCUT2D eigenvalue weighted by Gasteiger charge is 2.30. The third kappa shape index (κ3) is 6.69. The van der Waals surface area contributed by atoms with E-state index in [0.717, 1.165) is 29.9 Å². The number of carbonyl (C=O) groups excluding carboxylic acids is 1. The van der Waals surface area contributed by atoms with Crippen molar-refractivity contribution >= 4 is 11.4 Å². The summed E-state index contributed by atoms with van der Waals surface area (Å²) in [5.41, 5.74) is 3.59. The standard InChI is InChI=1S/C33H42FN3O5/c1-5-6-31(34)42-30-16-25(15-29(40-4)33(30)28(39)10-7-21(2)23-8-9-23)27-18-35-32-17-24(11-12-37(27)32)22(3)36-13-14-41-26(19-36)20-38/h5,11-12,15-18,21-23,26,31,38H,1,6-10,13-14,19-20H2,2-4H3/t21?,22?,26-,31?/m0/s1. The number of methoxy groups -OCH3 is 1. The molecule has 42 heavy (non-hydrogen) atoms. The maximum atomic E-state index is 14.8. The molecule has 1 aliphatic carbocycles. The number of carbonyl (C=O) groups is 1. The number of halogens is 1.